The molecule has 0 unspecified atom stereocenters. The summed E-state index contributed by atoms with van der Waals surface area (Å²) in [6.07, 6.45) is 0. The Morgan fingerprint density at radius 3 is 2.68 bits per heavy atom. The zero-order chi connectivity index (χ0) is 13.6. The van der Waals surface area contributed by atoms with E-state index in [1.807, 2.05) is 19.2 Å². The van der Waals surface area contributed by atoms with Gasteiger partial charge in [0, 0.05) is 13.0 Å². The molecule has 1 saturated heterocycles. The second kappa shape index (κ2) is 4.07. The number of imidazole rings is 1. The van der Waals surface area contributed by atoms with Gasteiger partial charge in [-0.2, -0.15) is 5.26 Å². The molecule has 19 heavy (non-hydrogen) atoms. The van der Waals surface area contributed by atoms with Crippen LogP contribution in [0.5, 0.6) is 0 Å². The summed E-state index contributed by atoms with van der Waals surface area (Å²) in [6, 6.07) is 8.50. The van der Waals surface area contributed by atoms with Crippen LogP contribution in [0.25, 0.3) is 11.0 Å². The summed E-state index contributed by atoms with van der Waals surface area (Å²) >= 11 is 0. The summed E-state index contributed by atoms with van der Waals surface area (Å²) < 4.78 is 7.34. The molecule has 0 atom stereocenters. The van der Waals surface area contributed by atoms with Gasteiger partial charge in [-0.15, -0.1) is 0 Å². The third-order valence-electron chi connectivity index (χ3n) is 3.90. The quantitative estimate of drug-likeness (QED) is 0.828. The average molecular weight is 255 g/mol. The molecule has 4 nitrogen and oxygen atoms in total. The molecule has 0 radical (unpaired) electrons. The van der Waals surface area contributed by atoms with E-state index in [2.05, 4.69) is 30.6 Å². The Bertz CT molecular complexity index is 674. The fourth-order valence-electron chi connectivity index (χ4n) is 2.63. The van der Waals surface area contributed by atoms with Gasteiger partial charge in [-0.3, -0.25) is 0 Å². The molecular formula is C15H17N3O. The van der Waals surface area contributed by atoms with Gasteiger partial charge < -0.3 is 9.30 Å². The highest BCUT2D eigenvalue weighted by Crippen LogP contribution is 2.33. The van der Waals surface area contributed by atoms with E-state index >= 15 is 0 Å². The summed E-state index contributed by atoms with van der Waals surface area (Å²) in [4.78, 5) is 4.69. The fraction of sp³-hybridized carbons (Fsp3) is 0.467. The van der Waals surface area contributed by atoms with Gasteiger partial charge in [0.25, 0.3) is 0 Å². The van der Waals surface area contributed by atoms with Crippen molar-refractivity contribution in [1.82, 2.24) is 9.55 Å². The van der Waals surface area contributed by atoms with Crippen LogP contribution in [0.1, 0.15) is 31.2 Å². The van der Waals surface area contributed by atoms with Crippen molar-refractivity contribution in [2.45, 2.75) is 25.2 Å². The SMILES string of the molecule is CC(C)c1nc2cc(C3(C#N)COC3)ccc2n1C. The maximum absolute atomic E-state index is 9.35. The van der Waals surface area contributed by atoms with Gasteiger partial charge >= 0.3 is 0 Å². The predicted molar refractivity (Wildman–Crippen MR) is 72.9 cm³/mol. The van der Waals surface area contributed by atoms with Crippen LogP contribution in [0.2, 0.25) is 0 Å². The highest BCUT2D eigenvalue weighted by molar-refractivity contribution is 5.77. The van der Waals surface area contributed by atoms with Crippen molar-refractivity contribution < 1.29 is 4.74 Å². The van der Waals surface area contributed by atoms with Crippen molar-refractivity contribution in [2.75, 3.05) is 13.2 Å². The number of hydrogen-bond acceptors (Lipinski definition) is 3. The summed E-state index contributed by atoms with van der Waals surface area (Å²) in [6.45, 7) is 5.25. The first kappa shape index (κ1) is 12.2. The third kappa shape index (κ3) is 1.66. The molecule has 98 valence electrons. The Labute approximate surface area is 112 Å². The van der Waals surface area contributed by atoms with E-state index in [1.165, 1.54) is 0 Å². The third-order valence-corrected chi connectivity index (χ3v) is 3.90. The molecule has 3 rings (SSSR count). The molecule has 1 aromatic heterocycles. The topological polar surface area (TPSA) is 50.8 Å². The zero-order valence-electron chi connectivity index (χ0n) is 11.5. The van der Waals surface area contributed by atoms with Gasteiger partial charge in [0.15, 0.2) is 0 Å². The lowest BCUT2D eigenvalue weighted by atomic mass is 9.80. The maximum Gasteiger partial charge on any atom is 0.129 e. The van der Waals surface area contributed by atoms with E-state index in [1.54, 1.807) is 0 Å². The van der Waals surface area contributed by atoms with Crippen molar-refractivity contribution in [3.8, 4) is 6.07 Å². The second-order valence-corrected chi connectivity index (χ2v) is 5.57. The first-order valence-corrected chi connectivity index (χ1v) is 6.53. The molecule has 2 heterocycles. The van der Waals surface area contributed by atoms with Crippen molar-refractivity contribution in [1.29, 1.82) is 5.26 Å². The Hall–Kier alpha value is -1.86. The zero-order valence-corrected chi connectivity index (χ0v) is 11.5. The molecular weight excluding hydrogens is 238 g/mol. The van der Waals surface area contributed by atoms with Gasteiger partial charge in [0.1, 0.15) is 11.2 Å². The number of nitriles is 1. The fourth-order valence-corrected chi connectivity index (χ4v) is 2.63. The van der Waals surface area contributed by atoms with Crippen LogP contribution in [0.15, 0.2) is 18.2 Å². The number of benzene rings is 1. The number of hydrogen-bond donors (Lipinski definition) is 0. The smallest absolute Gasteiger partial charge is 0.129 e. The van der Waals surface area contributed by atoms with Crippen LogP contribution in [0.3, 0.4) is 0 Å². The summed E-state index contributed by atoms with van der Waals surface area (Å²) in [5.41, 5.74) is 2.62. The molecule has 0 amide bonds. The molecule has 0 saturated carbocycles. The van der Waals surface area contributed by atoms with Gasteiger partial charge in [-0.25, -0.2) is 4.98 Å². The monoisotopic (exact) mass is 255 g/mol. The number of rotatable bonds is 2. The molecule has 1 aliphatic rings. The second-order valence-electron chi connectivity index (χ2n) is 5.57. The lowest BCUT2D eigenvalue weighted by Gasteiger charge is -2.35. The van der Waals surface area contributed by atoms with E-state index in [-0.39, 0.29) is 0 Å². The Morgan fingerprint density at radius 1 is 1.42 bits per heavy atom. The molecule has 1 aliphatic heterocycles. The normalized spacial score (nSPS) is 17.4. The number of aryl methyl sites for hydroxylation is 1. The molecule has 2 aromatic rings. The van der Waals surface area contributed by atoms with Crippen molar-refractivity contribution in [3.63, 3.8) is 0 Å². The molecule has 4 heteroatoms. The first-order chi connectivity index (χ1) is 9.07. The van der Waals surface area contributed by atoms with Crippen LogP contribution in [0, 0.1) is 11.3 Å². The largest absolute Gasteiger partial charge is 0.377 e. The standard InChI is InChI=1S/C15H17N3O/c1-10(2)14-17-12-6-11(4-5-13(12)18(14)3)15(7-16)8-19-9-15/h4-6,10H,8-9H2,1-3H3. The minimum Gasteiger partial charge on any atom is -0.377 e. The molecule has 0 bridgehead atoms. The highest BCUT2D eigenvalue weighted by atomic mass is 16.5. The molecule has 0 N–H and O–H groups in total. The van der Waals surface area contributed by atoms with Crippen LogP contribution in [-0.2, 0) is 17.2 Å². The van der Waals surface area contributed by atoms with E-state index in [0.29, 0.717) is 19.1 Å². The van der Waals surface area contributed by atoms with E-state index in [9.17, 15) is 5.26 Å². The molecule has 1 aromatic carbocycles. The predicted octanol–water partition coefficient (Wildman–Crippen LogP) is 2.49. The molecule has 0 aliphatic carbocycles. The van der Waals surface area contributed by atoms with Crippen molar-refractivity contribution >= 4 is 11.0 Å². The van der Waals surface area contributed by atoms with Crippen LogP contribution >= 0.6 is 0 Å². The molecule has 1 fully saturated rings. The number of nitrogens with zero attached hydrogens (tertiary/aromatic N) is 3. The maximum atomic E-state index is 9.35. The minimum absolute atomic E-state index is 0.387. The Balaban J connectivity index is 2.14. The summed E-state index contributed by atoms with van der Waals surface area (Å²) in [5.74, 6) is 1.46. The van der Waals surface area contributed by atoms with Crippen LogP contribution < -0.4 is 0 Å². The lowest BCUT2D eigenvalue weighted by Crippen LogP contribution is -2.45. The van der Waals surface area contributed by atoms with Crippen LogP contribution in [-0.4, -0.2) is 22.8 Å². The van der Waals surface area contributed by atoms with Crippen molar-refractivity contribution in [3.05, 3.63) is 29.6 Å². The van der Waals surface area contributed by atoms with Gasteiger partial charge in [-0.05, 0) is 17.7 Å². The highest BCUT2D eigenvalue weighted by Gasteiger charge is 2.41. The number of aromatic nitrogens is 2. The van der Waals surface area contributed by atoms with E-state index < -0.39 is 5.41 Å². The van der Waals surface area contributed by atoms with Gasteiger partial charge in [0.05, 0.1) is 30.3 Å². The summed E-state index contributed by atoms with van der Waals surface area (Å²) in [5, 5.41) is 9.35. The van der Waals surface area contributed by atoms with Crippen LogP contribution in [0.4, 0.5) is 0 Å². The summed E-state index contributed by atoms with van der Waals surface area (Å²) in [7, 11) is 2.04. The Kier molecular flexibility index (Phi) is 2.61. The number of fused-ring (bicyclic) bond motifs is 1. The van der Waals surface area contributed by atoms with Gasteiger partial charge in [0.2, 0.25) is 0 Å². The number of ether oxygens (including phenoxy) is 1. The van der Waals surface area contributed by atoms with Gasteiger partial charge in [-0.1, -0.05) is 19.9 Å². The lowest BCUT2D eigenvalue weighted by molar-refractivity contribution is -0.0297. The average Bonchev–Trinajstić information content (AvgIpc) is 2.66. The Morgan fingerprint density at radius 2 is 2.16 bits per heavy atom. The van der Waals surface area contributed by atoms with E-state index in [0.717, 1.165) is 22.4 Å². The van der Waals surface area contributed by atoms with E-state index in [4.69, 9.17) is 9.72 Å². The first-order valence-electron chi connectivity index (χ1n) is 6.53. The van der Waals surface area contributed by atoms with Crippen molar-refractivity contribution in [2.24, 2.45) is 7.05 Å². The minimum atomic E-state index is -0.469. The molecule has 0 spiro atoms.